The van der Waals surface area contributed by atoms with Crippen LogP contribution in [-0.2, 0) is 19.9 Å². The maximum absolute atomic E-state index is 13.8. The molecule has 114 valence electrons. The SMILES string of the molecule is CCCNCC(Cc1cnn(C)c1)Cc1ccccc1F. The predicted octanol–water partition coefficient (Wildman–Crippen LogP) is 2.96. The van der Waals surface area contributed by atoms with Crippen molar-refractivity contribution in [2.45, 2.75) is 26.2 Å². The standard InChI is InChI=1S/C17H24FN3/c1-3-8-19-11-14(9-15-12-20-21(2)13-15)10-16-6-4-5-7-17(16)18/h4-7,12-14,19H,3,8-11H2,1-2H3. The smallest absolute Gasteiger partial charge is 0.126 e. The van der Waals surface area contributed by atoms with Gasteiger partial charge in [-0.15, -0.1) is 0 Å². The Morgan fingerprint density at radius 3 is 2.76 bits per heavy atom. The van der Waals surface area contributed by atoms with Gasteiger partial charge in [-0.05, 0) is 55.5 Å². The molecule has 1 N–H and O–H groups in total. The van der Waals surface area contributed by atoms with E-state index < -0.39 is 0 Å². The highest BCUT2D eigenvalue weighted by molar-refractivity contribution is 5.18. The normalized spacial score (nSPS) is 12.5. The van der Waals surface area contributed by atoms with Crippen molar-refractivity contribution in [3.8, 4) is 0 Å². The second-order valence-corrected chi connectivity index (χ2v) is 5.59. The molecule has 0 fully saturated rings. The number of nitrogens with zero attached hydrogens (tertiary/aromatic N) is 2. The molecule has 0 saturated carbocycles. The van der Waals surface area contributed by atoms with E-state index in [1.165, 1.54) is 11.6 Å². The van der Waals surface area contributed by atoms with Crippen molar-refractivity contribution in [2.75, 3.05) is 13.1 Å². The lowest BCUT2D eigenvalue weighted by Gasteiger charge is -2.17. The Bertz CT molecular complexity index is 550. The molecule has 0 radical (unpaired) electrons. The second-order valence-electron chi connectivity index (χ2n) is 5.59. The van der Waals surface area contributed by atoms with Gasteiger partial charge < -0.3 is 5.32 Å². The van der Waals surface area contributed by atoms with Crippen LogP contribution in [0.2, 0.25) is 0 Å². The third-order valence-corrected chi connectivity index (χ3v) is 3.61. The number of benzene rings is 1. The molecular formula is C17H24FN3. The molecule has 3 nitrogen and oxygen atoms in total. The van der Waals surface area contributed by atoms with Gasteiger partial charge in [0.15, 0.2) is 0 Å². The molecule has 0 spiro atoms. The summed E-state index contributed by atoms with van der Waals surface area (Å²) in [5.74, 6) is 0.266. The molecule has 0 bridgehead atoms. The van der Waals surface area contributed by atoms with Gasteiger partial charge in [-0.3, -0.25) is 4.68 Å². The number of halogens is 1. The van der Waals surface area contributed by atoms with Gasteiger partial charge in [-0.2, -0.15) is 5.10 Å². The van der Waals surface area contributed by atoms with E-state index in [1.807, 2.05) is 36.3 Å². The van der Waals surface area contributed by atoms with Crippen LogP contribution in [0.5, 0.6) is 0 Å². The molecule has 0 aliphatic rings. The molecule has 2 rings (SSSR count). The third-order valence-electron chi connectivity index (χ3n) is 3.61. The summed E-state index contributed by atoms with van der Waals surface area (Å²) in [7, 11) is 1.92. The lowest BCUT2D eigenvalue weighted by molar-refractivity contribution is 0.461. The minimum Gasteiger partial charge on any atom is -0.316 e. The zero-order chi connectivity index (χ0) is 15.1. The van der Waals surface area contributed by atoms with E-state index >= 15 is 0 Å². The monoisotopic (exact) mass is 289 g/mol. The molecule has 21 heavy (non-hydrogen) atoms. The van der Waals surface area contributed by atoms with E-state index in [2.05, 4.69) is 17.3 Å². The first-order valence-corrected chi connectivity index (χ1v) is 7.60. The Morgan fingerprint density at radius 1 is 1.29 bits per heavy atom. The van der Waals surface area contributed by atoms with Crippen LogP contribution >= 0.6 is 0 Å². The van der Waals surface area contributed by atoms with Gasteiger partial charge in [0, 0.05) is 13.2 Å². The number of hydrogen-bond donors (Lipinski definition) is 1. The van der Waals surface area contributed by atoms with Crippen LogP contribution < -0.4 is 5.32 Å². The zero-order valence-electron chi connectivity index (χ0n) is 12.8. The molecule has 1 unspecified atom stereocenters. The Balaban J connectivity index is 2.02. The summed E-state index contributed by atoms with van der Waals surface area (Å²) in [6.45, 7) is 4.05. The Hall–Kier alpha value is -1.68. The van der Waals surface area contributed by atoms with Crippen LogP contribution in [0, 0.1) is 11.7 Å². The maximum atomic E-state index is 13.8. The molecular weight excluding hydrogens is 265 g/mol. The molecule has 1 aromatic heterocycles. The molecule has 1 aromatic carbocycles. The van der Waals surface area contributed by atoms with E-state index in [1.54, 1.807) is 6.07 Å². The van der Waals surface area contributed by atoms with Crippen molar-refractivity contribution < 1.29 is 4.39 Å². The average Bonchev–Trinajstić information content (AvgIpc) is 2.87. The molecule has 0 aliphatic heterocycles. The van der Waals surface area contributed by atoms with Gasteiger partial charge in [0.1, 0.15) is 5.82 Å². The highest BCUT2D eigenvalue weighted by atomic mass is 19.1. The molecule has 1 atom stereocenters. The van der Waals surface area contributed by atoms with Crippen LogP contribution in [0.3, 0.4) is 0 Å². The van der Waals surface area contributed by atoms with Crippen molar-refractivity contribution in [1.82, 2.24) is 15.1 Å². The summed E-state index contributed by atoms with van der Waals surface area (Å²) in [4.78, 5) is 0. The Morgan fingerprint density at radius 2 is 2.10 bits per heavy atom. The third kappa shape index (κ3) is 4.97. The van der Waals surface area contributed by atoms with Gasteiger partial charge in [0.05, 0.1) is 6.20 Å². The van der Waals surface area contributed by atoms with Crippen LogP contribution in [0.15, 0.2) is 36.7 Å². The molecule has 0 aliphatic carbocycles. The second kappa shape index (κ2) is 7.93. The zero-order valence-corrected chi connectivity index (χ0v) is 12.8. The molecule has 4 heteroatoms. The topological polar surface area (TPSA) is 29.9 Å². The van der Waals surface area contributed by atoms with Crippen LogP contribution in [0.1, 0.15) is 24.5 Å². The lowest BCUT2D eigenvalue weighted by Crippen LogP contribution is -2.26. The number of rotatable bonds is 8. The summed E-state index contributed by atoms with van der Waals surface area (Å²) in [5.41, 5.74) is 2.00. The predicted molar refractivity (Wildman–Crippen MR) is 83.7 cm³/mol. The van der Waals surface area contributed by atoms with Crippen LogP contribution in [-0.4, -0.2) is 22.9 Å². The van der Waals surface area contributed by atoms with Crippen molar-refractivity contribution >= 4 is 0 Å². The van der Waals surface area contributed by atoms with E-state index in [0.29, 0.717) is 5.92 Å². The minimum absolute atomic E-state index is 0.107. The summed E-state index contributed by atoms with van der Waals surface area (Å²) < 4.78 is 15.7. The first kappa shape index (κ1) is 15.7. The summed E-state index contributed by atoms with van der Waals surface area (Å²) in [6.07, 6.45) is 6.71. The largest absolute Gasteiger partial charge is 0.316 e. The summed E-state index contributed by atoms with van der Waals surface area (Å²) in [5, 5.41) is 7.67. The maximum Gasteiger partial charge on any atom is 0.126 e. The van der Waals surface area contributed by atoms with Crippen molar-refractivity contribution in [2.24, 2.45) is 13.0 Å². The van der Waals surface area contributed by atoms with Gasteiger partial charge in [-0.25, -0.2) is 4.39 Å². The minimum atomic E-state index is -0.107. The molecule has 2 aromatic rings. The van der Waals surface area contributed by atoms with Crippen molar-refractivity contribution in [1.29, 1.82) is 0 Å². The molecule has 0 saturated heterocycles. The first-order chi connectivity index (χ1) is 10.2. The Kier molecular flexibility index (Phi) is 5.93. The quantitative estimate of drug-likeness (QED) is 0.757. The van der Waals surface area contributed by atoms with Crippen LogP contribution in [0.25, 0.3) is 0 Å². The van der Waals surface area contributed by atoms with E-state index in [9.17, 15) is 4.39 Å². The molecule has 0 amide bonds. The highest BCUT2D eigenvalue weighted by Gasteiger charge is 2.14. The number of aromatic nitrogens is 2. The van der Waals surface area contributed by atoms with Crippen molar-refractivity contribution in [3.05, 3.63) is 53.6 Å². The molecule has 1 heterocycles. The van der Waals surface area contributed by atoms with E-state index in [4.69, 9.17) is 0 Å². The van der Waals surface area contributed by atoms with Crippen LogP contribution in [0.4, 0.5) is 4.39 Å². The Labute approximate surface area is 126 Å². The fourth-order valence-corrected chi connectivity index (χ4v) is 2.59. The van der Waals surface area contributed by atoms with Crippen molar-refractivity contribution in [3.63, 3.8) is 0 Å². The van der Waals surface area contributed by atoms with E-state index in [-0.39, 0.29) is 5.82 Å². The summed E-state index contributed by atoms with van der Waals surface area (Å²) >= 11 is 0. The van der Waals surface area contributed by atoms with Gasteiger partial charge in [0.25, 0.3) is 0 Å². The summed E-state index contributed by atoms with van der Waals surface area (Å²) in [6, 6.07) is 7.06. The highest BCUT2D eigenvalue weighted by Crippen LogP contribution is 2.16. The van der Waals surface area contributed by atoms with Gasteiger partial charge in [0.2, 0.25) is 0 Å². The first-order valence-electron chi connectivity index (χ1n) is 7.60. The van der Waals surface area contributed by atoms with Gasteiger partial charge >= 0.3 is 0 Å². The van der Waals surface area contributed by atoms with Gasteiger partial charge in [-0.1, -0.05) is 25.1 Å². The fourth-order valence-electron chi connectivity index (χ4n) is 2.59. The number of aryl methyl sites for hydroxylation is 1. The average molecular weight is 289 g/mol. The fraction of sp³-hybridized carbons (Fsp3) is 0.471. The number of nitrogens with one attached hydrogen (secondary N) is 1. The number of hydrogen-bond acceptors (Lipinski definition) is 2. The lowest BCUT2D eigenvalue weighted by atomic mass is 9.93. The van der Waals surface area contributed by atoms with E-state index in [0.717, 1.165) is 37.9 Å².